The third-order valence-electron chi connectivity index (χ3n) is 3.79. The fourth-order valence-corrected chi connectivity index (χ4v) is 3.78. The molecule has 1 fully saturated rings. The number of esters is 1. The van der Waals surface area contributed by atoms with Crippen molar-refractivity contribution in [1.82, 2.24) is 14.3 Å². The molecule has 0 amide bonds. The average molecular weight is 333 g/mol. The molecule has 0 aliphatic carbocycles. The van der Waals surface area contributed by atoms with Crippen LogP contribution in [0.3, 0.4) is 0 Å². The van der Waals surface area contributed by atoms with E-state index in [1.54, 1.807) is 30.1 Å². The number of rotatable bonds is 4. The van der Waals surface area contributed by atoms with E-state index in [4.69, 9.17) is 4.74 Å². The van der Waals surface area contributed by atoms with Crippen molar-refractivity contribution in [2.24, 2.45) is 0 Å². The Balaban J connectivity index is 1.84. The van der Waals surface area contributed by atoms with Crippen LogP contribution in [0.15, 0.2) is 35.3 Å². The van der Waals surface area contributed by atoms with Gasteiger partial charge in [0.2, 0.25) is 0 Å². The molecule has 23 heavy (non-hydrogen) atoms. The molecule has 1 aliphatic heterocycles. The summed E-state index contributed by atoms with van der Waals surface area (Å²) >= 11 is 1.75. The van der Waals surface area contributed by atoms with E-state index in [2.05, 4.69) is 9.88 Å². The van der Waals surface area contributed by atoms with Gasteiger partial charge in [-0.15, -0.1) is 0 Å². The molecule has 1 saturated heterocycles. The Labute approximate surface area is 138 Å². The monoisotopic (exact) mass is 333 g/mol. The molecule has 3 heterocycles. The standard InChI is InChI=1S/C16H19N3O3S/c1-2-22-16(21)13-11-23-8-7-18(13)10-12-9-15(20)19-6-4-3-5-14(19)17-12/h3-6,9,13H,2,7-8,10-11H2,1H3/t13-/m0/s1. The van der Waals surface area contributed by atoms with Crippen molar-refractivity contribution >= 4 is 23.4 Å². The largest absolute Gasteiger partial charge is 0.465 e. The third kappa shape index (κ3) is 3.56. The summed E-state index contributed by atoms with van der Waals surface area (Å²) in [5, 5.41) is 0. The minimum Gasteiger partial charge on any atom is -0.465 e. The lowest BCUT2D eigenvalue weighted by atomic mass is 10.2. The number of carbonyl (C=O) groups is 1. The Bertz CT molecular complexity index is 762. The molecular weight excluding hydrogens is 314 g/mol. The van der Waals surface area contributed by atoms with Gasteiger partial charge in [-0.1, -0.05) is 6.07 Å². The van der Waals surface area contributed by atoms with E-state index in [0.29, 0.717) is 30.2 Å². The fourth-order valence-electron chi connectivity index (χ4n) is 2.67. The summed E-state index contributed by atoms with van der Waals surface area (Å²) in [5.41, 5.74) is 1.20. The molecule has 122 valence electrons. The van der Waals surface area contributed by atoms with E-state index in [-0.39, 0.29) is 17.6 Å². The van der Waals surface area contributed by atoms with Gasteiger partial charge in [0, 0.05) is 36.9 Å². The Hall–Kier alpha value is -1.86. The van der Waals surface area contributed by atoms with Gasteiger partial charge in [0.25, 0.3) is 5.56 Å². The van der Waals surface area contributed by atoms with Crippen LogP contribution in [0.4, 0.5) is 0 Å². The van der Waals surface area contributed by atoms with Crippen molar-refractivity contribution in [3.63, 3.8) is 0 Å². The number of fused-ring (bicyclic) bond motifs is 1. The van der Waals surface area contributed by atoms with Crippen molar-refractivity contribution in [3.05, 3.63) is 46.5 Å². The van der Waals surface area contributed by atoms with Crippen LogP contribution in [0.5, 0.6) is 0 Å². The summed E-state index contributed by atoms with van der Waals surface area (Å²) in [5.74, 6) is 1.48. The summed E-state index contributed by atoms with van der Waals surface area (Å²) < 4.78 is 6.68. The number of nitrogens with zero attached hydrogens (tertiary/aromatic N) is 3. The van der Waals surface area contributed by atoms with Crippen LogP contribution in [0.2, 0.25) is 0 Å². The van der Waals surface area contributed by atoms with Crippen LogP contribution in [-0.4, -0.2) is 51.0 Å². The average Bonchev–Trinajstić information content (AvgIpc) is 2.55. The van der Waals surface area contributed by atoms with Gasteiger partial charge in [-0.3, -0.25) is 18.9 Å². The summed E-state index contributed by atoms with van der Waals surface area (Å²) in [4.78, 5) is 30.9. The maximum atomic E-state index is 12.2. The zero-order valence-electron chi connectivity index (χ0n) is 13.0. The van der Waals surface area contributed by atoms with Gasteiger partial charge in [0.15, 0.2) is 0 Å². The maximum Gasteiger partial charge on any atom is 0.324 e. The lowest BCUT2D eigenvalue weighted by molar-refractivity contribution is -0.148. The molecule has 1 atom stereocenters. The smallest absolute Gasteiger partial charge is 0.324 e. The molecule has 0 aromatic carbocycles. The van der Waals surface area contributed by atoms with Crippen molar-refractivity contribution < 1.29 is 9.53 Å². The van der Waals surface area contributed by atoms with Gasteiger partial charge in [0.1, 0.15) is 11.7 Å². The van der Waals surface area contributed by atoms with Gasteiger partial charge in [0.05, 0.1) is 12.3 Å². The molecule has 0 radical (unpaired) electrons. The molecule has 0 spiro atoms. The van der Waals surface area contributed by atoms with Crippen molar-refractivity contribution in [3.8, 4) is 0 Å². The highest BCUT2D eigenvalue weighted by molar-refractivity contribution is 7.99. The summed E-state index contributed by atoms with van der Waals surface area (Å²) in [6.07, 6.45) is 1.70. The highest BCUT2D eigenvalue weighted by atomic mass is 32.2. The Kier molecular flexibility index (Phi) is 4.97. The first-order valence-electron chi connectivity index (χ1n) is 7.65. The second-order valence-electron chi connectivity index (χ2n) is 5.33. The van der Waals surface area contributed by atoms with Crippen LogP contribution >= 0.6 is 11.8 Å². The highest BCUT2D eigenvalue weighted by Crippen LogP contribution is 2.19. The summed E-state index contributed by atoms with van der Waals surface area (Å²) in [6.45, 7) is 3.45. The van der Waals surface area contributed by atoms with Crippen molar-refractivity contribution in [2.45, 2.75) is 19.5 Å². The van der Waals surface area contributed by atoms with E-state index in [0.717, 1.165) is 12.3 Å². The third-order valence-corrected chi connectivity index (χ3v) is 4.81. The molecule has 0 unspecified atom stereocenters. The second-order valence-corrected chi connectivity index (χ2v) is 6.48. The number of hydrogen-bond acceptors (Lipinski definition) is 6. The maximum absolute atomic E-state index is 12.2. The van der Waals surface area contributed by atoms with Crippen molar-refractivity contribution in [1.29, 1.82) is 0 Å². The van der Waals surface area contributed by atoms with Crippen LogP contribution in [0.25, 0.3) is 5.65 Å². The zero-order valence-corrected chi connectivity index (χ0v) is 13.8. The van der Waals surface area contributed by atoms with E-state index in [1.165, 1.54) is 10.5 Å². The lowest BCUT2D eigenvalue weighted by Gasteiger charge is -2.33. The SMILES string of the molecule is CCOC(=O)[C@@H]1CSCCN1Cc1cc(=O)n2ccccc2n1. The highest BCUT2D eigenvalue weighted by Gasteiger charge is 2.30. The van der Waals surface area contributed by atoms with Crippen LogP contribution in [0.1, 0.15) is 12.6 Å². The van der Waals surface area contributed by atoms with Crippen LogP contribution < -0.4 is 5.56 Å². The Morgan fingerprint density at radius 1 is 1.48 bits per heavy atom. The minimum atomic E-state index is -0.273. The number of hydrogen-bond donors (Lipinski definition) is 0. The number of carbonyl (C=O) groups excluding carboxylic acids is 1. The summed E-state index contributed by atoms with van der Waals surface area (Å²) in [7, 11) is 0. The van der Waals surface area contributed by atoms with E-state index in [9.17, 15) is 9.59 Å². The first kappa shape index (κ1) is 16.0. The summed E-state index contributed by atoms with van der Waals surface area (Å²) in [6, 6.07) is 6.72. The van der Waals surface area contributed by atoms with Crippen molar-refractivity contribution in [2.75, 3.05) is 24.7 Å². The van der Waals surface area contributed by atoms with Gasteiger partial charge in [-0.05, 0) is 19.1 Å². The van der Waals surface area contributed by atoms with Gasteiger partial charge < -0.3 is 4.74 Å². The fraction of sp³-hybridized carbons (Fsp3) is 0.438. The molecule has 6 nitrogen and oxygen atoms in total. The van der Waals surface area contributed by atoms with E-state index in [1.807, 2.05) is 13.0 Å². The van der Waals surface area contributed by atoms with Crippen LogP contribution in [0, 0.1) is 0 Å². The second kappa shape index (κ2) is 7.14. The molecule has 1 aliphatic rings. The Morgan fingerprint density at radius 3 is 3.17 bits per heavy atom. The first-order valence-corrected chi connectivity index (χ1v) is 8.80. The zero-order chi connectivity index (χ0) is 16.2. The normalized spacial score (nSPS) is 18.9. The predicted molar refractivity (Wildman–Crippen MR) is 89.6 cm³/mol. The Morgan fingerprint density at radius 2 is 2.35 bits per heavy atom. The molecule has 2 aromatic heterocycles. The molecule has 0 saturated carbocycles. The molecule has 0 bridgehead atoms. The van der Waals surface area contributed by atoms with Crippen LogP contribution in [-0.2, 0) is 16.1 Å². The molecular formula is C16H19N3O3S. The van der Waals surface area contributed by atoms with Gasteiger partial charge >= 0.3 is 5.97 Å². The number of pyridine rings is 1. The lowest BCUT2D eigenvalue weighted by Crippen LogP contribution is -2.47. The van der Waals surface area contributed by atoms with Gasteiger partial charge in [-0.25, -0.2) is 4.98 Å². The predicted octanol–water partition coefficient (Wildman–Crippen LogP) is 1.17. The minimum absolute atomic E-state index is 0.107. The van der Waals surface area contributed by atoms with Gasteiger partial charge in [-0.2, -0.15) is 11.8 Å². The molecule has 3 rings (SSSR count). The molecule has 2 aromatic rings. The number of thioether (sulfide) groups is 1. The molecule has 0 N–H and O–H groups in total. The quantitative estimate of drug-likeness (QED) is 0.783. The molecule has 7 heteroatoms. The number of ether oxygens (including phenoxy) is 1. The van der Waals surface area contributed by atoms with E-state index >= 15 is 0 Å². The van der Waals surface area contributed by atoms with E-state index < -0.39 is 0 Å². The first-order chi connectivity index (χ1) is 11.2. The number of aromatic nitrogens is 2. The topological polar surface area (TPSA) is 63.9 Å².